The van der Waals surface area contributed by atoms with Crippen LogP contribution in [-0.2, 0) is 16.6 Å². The SMILES string of the molecule is CCCn1c(=NC(=O)c2ccc(S(=O)(=O)N(CC)c3ccccc3)cc2)sc2c(OC)ccc(OC)c21. The second kappa shape index (κ2) is 11.2. The van der Waals surface area contributed by atoms with Crippen LogP contribution >= 0.6 is 11.3 Å². The Balaban J connectivity index is 1.72. The number of thiazole rings is 1. The van der Waals surface area contributed by atoms with Gasteiger partial charge >= 0.3 is 0 Å². The maximum Gasteiger partial charge on any atom is 0.279 e. The summed E-state index contributed by atoms with van der Waals surface area (Å²) in [5, 5.41) is 0. The number of para-hydroxylation sites is 1. The van der Waals surface area contributed by atoms with Crippen LogP contribution in [0.1, 0.15) is 30.6 Å². The van der Waals surface area contributed by atoms with E-state index in [1.54, 1.807) is 45.4 Å². The predicted molar refractivity (Wildman–Crippen MR) is 146 cm³/mol. The first kappa shape index (κ1) is 26.4. The summed E-state index contributed by atoms with van der Waals surface area (Å²) >= 11 is 1.35. The zero-order valence-corrected chi connectivity index (χ0v) is 22.8. The molecule has 0 unspecified atom stereocenters. The molecule has 0 aliphatic heterocycles. The molecule has 194 valence electrons. The molecule has 8 nitrogen and oxygen atoms in total. The molecule has 3 aromatic carbocycles. The molecular weight excluding hydrogens is 510 g/mol. The molecule has 1 heterocycles. The third kappa shape index (κ3) is 5.12. The summed E-state index contributed by atoms with van der Waals surface area (Å²) in [6, 6.07) is 18.5. The summed E-state index contributed by atoms with van der Waals surface area (Å²) in [5.41, 5.74) is 1.69. The fourth-order valence-electron chi connectivity index (χ4n) is 4.10. The highest BCUT2D eigenvalue weighted by Gasteiger charge is 2.24. The summed E-state index contributed by atoms with van der Waals surface area (Å²) in [4.78, 5) is 18.2. The van der Waals surface area contributed by atoms with Crippen LogP contribution < -0.4 is 18.6 Å². The Kier molecular flexibility index (Phi) is 7.99. The number of aryl methyl sites for hydroxylation is 1. The maximum atomic E-state index is 13.3. The lowest BCUT2D eigenvalue weighted by Crippen LogP contribution is -2.30. The Hall–Kier alpha value is -3.63. The normalized spacial score (nSPS) is 12.1. The summed E-state index contributed by atoms with van der Waals surface area (Å²) in [6.07, 6.45) is 0.829. The monoisotopic (exact) mass is 539 g/mol. The number of ether oxygens (including phenoxy) is 2. The van der Waals surface area contributed by atoms with E-state index in [0.717, 1.165) is 16.6 Å². The minimum atomic E-state index is -3.79. The maximum absolute atomic E-state index is 13.3. The van der Waals surface area contributed by atoms with Crippen LogP contribution in [0, 0.1) is 0 Å². The van der Waals surface area contributed by atoms with Crippen molar-refractivity contribution in [1.29, 1.82) is 0 Å². The lowest BCUT2D eigenvalue weighted by molar-refractivity contribution is 0.0997. The van der Waals surface area contributed by atoms with Crippen molar-refractivity contribution in [2.24, 2.45) is 4.99 Å². The van der Waals surface area contributed by atoms with E-state index in [-0.39, 0.29) is 11.4 Å². The summed E-state index contributed by atoms with van der Waals surface area (Å²) in [5.74, 6) is 0.879. The number of amides is 1. The van der Waals surface area contributed by atoms with Crippen LogP contribution in [0.15, 0.2) is 76.6 Å². The van der Waals surface area contributed by atoms with Gasteiger partial charge in [-0.1, -0.05) is 36.5 Å². The molecule has 37 heavy (non-hydrogen) atoms. The first-order chi connectivity index (χ1) is 17.8. The predicted octanol–water partition coefficient (Wildman–Crippen LogP) is 5.09. The number of benzene rings is 3. The van der Waals surface area contributed by atoms with E-state index in [4.69, 9.17) is 9.47 Å². The Morgan fingerprint density at radius 3 is 2.19 bits per heavy atom. The minimum absolute atomic E-state index is 0.104. The first-order valence-electron chi connectivity index (χ1n) is 11.9. The van der Waals surface area contributed by atoms with Gasteiger partial charge in [-0.25, -0.2) is 8.42 Å². The highest BCUT2D eigenvalue weighted by Crippen LogP contribution is 2.35. The van der Waals surface area contributed by atoms with Gasteiger partial charge in [0.25, 0.3) is 15.9 Å². The van der Waals surface area contributed by atoms with Crippen molar-refractivity contribution < 1.29 is 22.7 Å². The van der Waals surface area contributed by atoms with Gasteiger partial charge in [-0.2, -0.15) is 4.99 Å². The number of carbonyl (C=O) groups is 1. The Bertz CT molecular complexity index is 1570. The van der Waals surface area contributed by atoms with Crippen LogP contribution in [0.2, 0.25) is 0 Å². The zero-order chi connectivity index (χ0) is 26.6. The average Bonchev–Trinajstić information content (AvgIpc) is 3.27. The number of hydrogen-bond acceptors (Lipinski definition) is 6. The third-order valence-corrected chi connectivity index (χ3v) is 8.87. The van der Waals surface area contributed by atoms with Crippen LogP contribution in [0.5, 0.6) is 11.5 Å². The fourth-order valence-corrected chi connectivity index (χ4v) is 6.74. The quantitative estimate of drug-likeness (QED) is 0.296. The molecule has 0 saturated heterocycles. The van der Waals surface area contributed by atoms with Crippen molar-refractivity contribution in [1.82, 2.24) is 4.57 Å². The molecule has 0 fully saturated rings. The molecule has 4 rings (SSSR count). The fraction of sp³-hybridized carbons (Fsp3) is 0.259. The topological polar surface area (TPSA) is 90.2 Å². The number of carbonyl (C=O) groups excluding carboxylic acids is 1. The summed E-state index contributed by atoms with van der Waals surface area (Å²) < 4.78 is 41.7. The number of anilines is 1. The lowest BCUT2D eigenvalue weighted by atomic mass is 10.2. The summed E-state index contributed by atoms with van der Waals surface area (Å²) in [6.45, 7) is 4.74. The van der Waals surface area contributed by atoms with E-state index < -0.39 is 15.9 Å². The van der Waals surface area contributed by atoms with Crippen LogP contribution in [0.3, 0.4) is 0 Å². The highest BCUT2D eigenvalue weighted by molar-refractivity contribution is 7.92. The zero-order valence-electron chi connectivity index (χ0n) is 21.2. The van der Waals surface area contributed by atoms with Crippen molar-refractivity contribution in [2.45, 2.75) is 31.7 Å². The summed E-state index contributed by atoms with van der Waals surface area (Å²) in [7, 11) is -0.592. The van der Waals surface area contributed by atoms with Gasteiger partial charge in [-0.05, 0) is 61.9 Å². The molecule has 1 amide bonds. The van der Waals surface area contributed by atoms with E-state index in [0.29, 0.717) is 34.1 Å². The molecule has 4 aromatic rings. The number of fused-ring (bicyclic) bond motifs is 1. The Morgan fingerprint density at radius 2 is 1.59 bits per heavy atom. The molecule has 0 spiro atoms. The molecule has 10 heteroatoms. The van der Waals surface area contributed by atoms with Gasteiger partial charge in [0, 0.05) is 18.7 Å². The lowest BCUT2D eigenvalue weighted by Gasteiger charge is -2.22. The van der Waals surface area contributed by atoms with Crippen molar-refractivity contribution >= 4 is 43.2 Å². The van der Waals surface area contributed by atoms with Crippen molar-refractivity contribution in [2.75, 3.05) is 25.1 Å². The standard InChI is InChI=1S/C27H29N3O5S2/c1-5-18-29-24-22(34-3)16-17-23(35-4)25(24)36-27(29)28-26(31)19-12-14-21(15-13-19)37(32,33)30(6-2)20-10-8-7-9-11-20/h7-17H,5-6,18H2,1-4H3. The number of rotatable bonds is 9. The Labute approximate surface area is 220 Å². The van der Waals surface area contributed by atoms with Gasteiger partial charge in [-0.3, -0.25) is 9.10 Å². The van der Waals surface area contributed by atoms with E-state index in [2.05, 4.69) is 4.99 Å². The van der Waals surface area contributed by atoms with Gasteiger partial charge in [0.05, 0.1) is 24.8 Å². The van der Waals surface area contributed by atoms with E-state index >= 15 is 0 Å². The highest BCUT2D eigenvalue weighted by atomic mass is 32.2. The minimum Gasteiger partial charge on any atom is -0.495 e. The van der Waals surface area contributed by atoms with Crippen molar-refractivity contribution in [3.05, 3.63) is 77.1 Å². The molecule has 0 bridgehead atoms. The molecule has 0 radical (unpaired) electrons. The van der Waals surface area contributed by atoms with Gasteiger partial charge in [0.15, 0.2) is 4.80 Å². The molecule has 1 aromatic heterocycles. The van der Waals surface area contributed by atoms with Crippen molar-refractivity contribution in [3.8, 4) is 11.5 Å². The second-order valence-corrected chi connectivity index (χ2v) is 11.0. The number of sulfonamides is 1. The average molecular weight is 540 g/mol. The smallest absolute Gasteiger partial charge is 0.279 e. The molecule has 0 atom stereocenters. The number of nitrogens with zero attached hydrogens (tertiary/aromatic N) is 3. The molecular formula is C27H29N3O5S2. The van der Waals surface area contributed by atoms with Gasteiger partial charge in [-0.15, -0.1) is 0 Å². The van der Waals surface area contributed by atoms with Crippen LogP contribution in [0.25, 0.3) is 10.2 Å². The number of hydrogen-bond donors (Lipinski definition) is 0. The number of aromatic nitrogens is 1. The molecule has 0 N–H and O–H groups in total. The molecule has 0 saturated carbocycles. The van der Waals surface area contributed by atoms with Crippen molar-refractivity contribution in [3.63, 3.8) is 0 Å². The van der Waals surface area contributed by atoms with Gasteiger partial charge in [0.2, 0.25) is 0 Å². The van der Waals surface area contributed by atoms with Crippen LogP contribution in [0.4, 0.5) is 5.69 Å². The van der Waals surface area contributed by atoms with E-state index in [1.165, 1.54) is 39.9 Å². The number of methoxy groups -OCH3 is 2. The van der Waals surface area contributed by atoms with Crippen LogP contribution in [-0.4, -0.2) is 39.7 Å². The van der Waals surface area contributed by atoms with Gasteiger partial charge < -0.3 is 14.0 Å². The van der Waals surface area contributed by atoms with E-state index in [1.807, 2.05) is 29.7 Å². The van der Waals surface area contributed by atoms with E-state index in [9.17, 15) is 13.2 Å². The molecule has 0 aliphatic carbocycles. The van der Waals surface area contributed by atoms with Gasteiger partial charge in [0.1, 0.15) is 21.7 Å². The Morgan fingerprint density at radius 1 is 0.946 bits per heavy atom. The second-order valence-electron chi connectivity index (χ2n) is 8.13. The molecule has 0 aliphatic rings. The first-order valence-corrected chi connectivity index (χ1v) is 14.1. The third-order valence-electron chi connectivity index (χ3n) is 5.86. The largest absolute Gasteiger partial charge is 0.495 e.